The molecule has 9 heteroatoms. The van der Waals surface area contributed by atoms with Gasteiger partial charge in [0.2, 0.25) is 21.8 Å². The van der Waals surface area contributed by atoms with Crippen molar-refractivity contribution in [3.63, 3.8) is 0 Å². The van der Waals surface area contributed by atoms with Crippen LogP contribution in [0.1, 0.15) is 29.5 Å². The number of hydrogen-bond donors (Lipinski definition) is 1. The summed E-state index contributed by atoms with van der Waals surface area (Å²) >= 11 is 6.13. The summed E-state index contributed by atoms with van der Waals surface area (Å²) in [5, 5.41) is 3.23. The Kier molecular flexibility index (Phi) is 7.23. The summed E-state index contributed by atoms with van der Waals surface area (Å²) in [6.45, 7) is 2.84. The first-order chi connectivity index (χ1) is 14.7. The van der Waals surface area contributed by atoms with Gasteiger partial charge in [-0.1, -0.05) is 41.9 Å². The van der Waals surface area contributed by atoms with Gasteiger partial charge in [-0.3, -0.25) is 13.9 Å². The molecule has 2 aromatic rings. The minimum Gasteiger partial charge on any atom is -0.350 e. The average Bonchev–Trinajstić information content (AvgIpc) is 3.11. The molecule has 2 amide bonds. The fraction of sp³-hybridized carbons (Fsp3) is 0.364. The number of nitrogens with one attached hydrogen (secondary N) is 1. The van der Waals surface area contributed by atoms with Crippen molar-refractivity contribution in [3.8, 4) is 0 Å². The second-order valence-electron chi connectivity index (χ2n) is 7.62. The van der Waals surface area contributed by atoms with Crippen LogP contribution >= 0.6 is 11.6 Å². The van der Waals surface area contributed by atoms with Crippen LogP contribution in [0, 0.1) is 6.92 Å². The molecule has 166 valence electrons. The number of halogens is 1. The zero-order valence-electron chi connectivity index (χ0n) is 17.6. The first-order valence-electron chi connectivity index (χ1n) is 10.0. The van der Waals surface area contributed by atoms with E-state index in [4.69, 9.17) is 11.6 Å². The molecule has 0 aliphatic carbocycles. The largest absolute Gasteiger partial charge is 0.350 e. The first-order valence-corrected chi connectivity index (χ1v) is 12.2. The lowest BCUT2D eigenvalue weighted by Crippen LogP contribution is -2.40. The predicted octanol–water partition coefficient (Wildman–Crippen LogP) is 2.85. The normalized spacial score (nSPS) is 14.0. The second kappa shape index (κ2) is 9.70. The van der Waals surface area contributed by atoms with Gasteiger partial charge in [-0.25, -0.2) is 8.42 Å². The number of likely N-dealkylation sites (tertiary alicyclic amines) is 1. The van der Waals surface area contributed by atoms with E-state index in [2.05, 4.69) is 5.32 Å². The molecule has 0 spiro atoms. The summed E-state index contributed by atoms with van der Waals surface area (Å²) in [7, 11) is -3.70. The lowest BCUT2D eigenvalue weighted by Gasteiger charge is -2.24. The maximum atomic E-state index is 12.6. The second-order valence-corrected chi connectivity index (χ2v) is 9.93. The van der Waals surface area contributed by atoms with Crippen LogP contribution < -0.4 is 9.62 Å². The van der Waals surface area contributed by atoms with Crippen molar-refractivity contribution in [1.29, 1.82) is 0 Å². The third kappa shape index (κ3) is 5.77. The molecule has 0 atom stereocenters. The molecule has 1 N–H and O–H groups in total. The minimum absolute atomic E-state index is 0.138. The Morgan fingerprint density at radius 3 is 2.52 bits per heavy atom. The Balaban J connectivity index is 1.70. The molecule has 0 bridgehead atoms. The third-order valence-electron chi connectivity index (χ3n) is 5.32. The van der Waals surface area contributed by atoms with E-state index in [0.717, 1.165) is 34.7 Å². The van der Waals surface area contributed by atoms with Crippen LogP contribution in [-0.2, 0) is 32.7 Å². The Hall–Kier alpha value is -2.58. The van der Waals surface area contributed by atoms with Crippen LogP contribution in [-0.4, -0.2) is 44.5 Å². The fourth-order valence-electron chi connectivity index (χ4n) is 3.59. The van der Waals surface area contributed by atoms with Gasteiger partial charge in [-0.2, -0.15) is 0 Å². The van der Waals surface area contributed by atoms with E-state index in [-0.39, 0.29) is 19.0 Å². The van der Waals surface area contributed by atoms with Gasteiger partial charge in [-0.05, 0) is 42.2 Å². The fourth-order valence-corrected chi connectivity index (χ4v) is 4.66. The quantitative estimate of drug-likeness (QED) is 0.652. The summed E-state index contributed by atoms with van der Waals surface area (Å²) in [6, 6.07) is 12.5. The van der Waals surface area contributed by atoms with Gasteiger partial charge in [0, 0.05) is 31.1 Å². The van der Waals surface area contributed by atoms with E-state index >= 15 is 0 Å². The van der Waals surface area contributed by atoms with Crippen molar-refractivity contribution in [1.82, 2.24) is 10.2 Å². The maximum absolute atomic E-state index is 12.6. The van der Waals surface area contributed by atoms with Crippen molar-refractivity contribution < 1.29 is 18.0 Å². The molecule has 0 saturated carbocycles. The summed E-state index contributed by atoms with van der Waals surface area (Å²) < 4.78 is 25.8. The topological polar surface area (TPSA) is 86.8 Å². The molecule has 31 heavy (non-hydrogen) atoms. The van der Waals surface area contributed by atoms with Crippen LogP contribution in [0.3, 0.4) is 0 Å². The Bertz CT molecular complexity index is 1090. The van der Waals surface area contributed by atoms with Crippen molar-refractivity contribution >= 4 is 39.1 Å². The van der Waals surface area contributed by atoms with E-state index < -0.39 is 15.9 Å². The van der Waals surface area contributed by atoms with Crippen molar-refractivity contribution in [2.45, 2.75) is 32.9 Å². The highest BCUT2D eigenvalue weighted by Crippen LogP contribution is 2.28. The van der Waals surface area contributed by atoms with Crippen LogP contribution in [0.4, 0.5) is 5.69 Å². The lowest BCUT2D eigenvalue weighted by atomic mass is 10.1. The predicted molar refractivity (Wildman–Crippen MR) is 121 cm³/mol. The van der Waals surface area contributed by atoms with E-state index in [1.54, 1.807) is 25.1 Å². The van der Waals surface area contributed by atoms with Gasteiger partial charge in [0.1, 0.15) is 6.54 Å². The summed E-state index contributed by atoms with van der Waals surface area (Å²) in [6.07, 6.45) is 2.49. The molecule has 7 nitrogen and oxygen atoms in total. The van der Waals surface area contributed by atoms with Gasteiger partial charge in [0.25, 0.3) is 0 Å². The lowest BCUT2D eigenvalue weighted by molar-refractivity contribution is -0.128. The van der Waals surface area contributed by atoms with Crippen LogP contribution in [0.25, 0.3) is 0 Å². The number of nitrogens with zero attached hydrogens (tertiary/aromatic N) is 2. The molecular formula is C22H26ClN3O4S. The number of amides is 2. The standard InChI is InChI=1S/C22H26ClN3O4S/c1-16-19(23)9-5-10-20(16)26(31(2,29)30)15-21(27)24-13-17-7-3-4-8-18(17)14-25-12-6-11-22(25)28/h3-5,7-10H,6,11-15H2,1-2H3,(H,24,27). The molecule has 0 unspecified atom stereocenters. The highest BCUT2D eigenvalue weighted by atomic mass is 35.5. The van der Waals surface area contributed by atoms with Gasteiger partial charge >= 0.3 is 0 Å². The zero-order valence-corrected chi connectivity index (χ0v) is 19.2. The van der Waals surface area contributed by atoms with Crippen LogP contribution in [0.5, 0.6) is 0 Å². The van der Waals surface area contributed by atoms with E-state index in [1.807, 2.05) is 29.2 Å². The number of hydrogen-bond acceptors (Lipinski definition) is 4. The van der Waals surface area contributed by atoms with Gasteiger partial charge in [0.15, 0.2) is 0 Å². The smallest absolute Gasteiger partial charge is 0.241 e. The monoisotopic (exact) mass is 463 g/mol. The van der Waals surface area contributed by atoms with E-state index in [0.29, 0.717) is 29.2 Å². The number of anilines is 1. The number of sulfonamides is 1. The highest BCUT2D eigenvalue weighted by Gasteiger charge is 2.24. The van der Waals surface area contributed by atoms with Crippen molar-refractivity contribution in [2.75, 3.05) is 23.7 Å². The molecular weight excluding hydrogens is 438 g/mol. The van der Waals surface area contributed by atoms with Gasteiger partial charge in [0.05, 0.1) is 11.9 Å². The molecule has 1 aliphatic heterocycles. The van der Waals surface area contributed by atoms with Crippen molar-refractivity contribution in [3.05, 3.63) is 64.2 Å². The van der Waals surface area contributed by atoms with E-state index in [1.165, 1.54) is 0 Å². The van der Waals surface area contributed by atoms with E-state index in [9.17, 15) is 18.0 Å². The average molecular weight is 464 g/mol. The van der Waals surface area contributed by atoms with Gasteiger partial charge < -0.3 is 10.2 Å². The molecule has 1 heterocycles. The Morgan fingerprint density at radius 2 is 1.87 bits per heavy atom. The minimum atomic E-state index is -3.70. The van der Waals surface area contributed by atoms with Crippen LogP contribution in [0.15, 0.2) is 42.5 Å². The maximum Gasteiger partial charge on any atom is 0.241 e. The molecule has 0 aromatic heterocycles. The summed E-state index contributed by atoms with van der Waals surface area (Å²) in [5.41, 5.74) is 2.81. The third-order valence-corrected chi connectivity index (χ3v) is 6.86. The number of rotatable bonds is 8. The number of carbonyl (C=O) groups excluding carboxylic acids is 2. The Labute approximate surface area is 188 Å². The van der Waals surface area contributed by atoms with Crippen LogP contribution in [0.2, 0.25) is 5.02 Å². The van der Waals surface area contributed by atoms with Gasteiger partial charge in [-0.15, -0.1) is 0 Å². The number of benzene rings is 2. The summed E-state index contributed by atoms with van der Waals surface area (Å²) in [5.74, 6) is -0.295. The number of carbonyl (C=O) groups is 2. The molecule has 3 rings (SSSR count). The highest BCUT2D eigenvalue weighted by molar-refractivity contribution is 7.92. The molecule has 1 fully saturated rings. The molecule has 2 aromatic carbocycles. The molecule has 1 saturated heterocycles. The molecule has 1 aliphatic rings. The molecule has 0 radical (unpaired) electrons. The Morgan fingerprint density at radius 1 is 1.16 bits per heavy atom. The SMILES string of the molecule is Cc1c(Cl)cccc1N(CC(=O)NCc1ccccc1CN1CCCC1=O)S(C)(=O)=O. The first kappa shape index (κ1) is 23.1. The van der Waals surface area contributed by atoms with Crippen molar-refractivity contribution in [2.24, 2.45) is 0 Å². The zero-order chi connectivity index (χ0) is 22.6. The summed E-state index contributed by atoms with van der Waals surface area (Å²) in [4.78, 5) is 26.4.